The van der Waals surface area contributed by atoms with Crippen molar-refractivity contribution in [3.8, 4) is 0 Å². The standard InChI is InChI=1S/C10H10N2OS/c1-14-7-8-6-12(13)10-5-3-2-4-9(10)11-8/h2-6H,7H2,1H3. The average molecular weight is 206 g/mol. The first kappa shape index (κ1) is 9.27. The monoisotopic (exact) mass is 206 g/mol. The van der Waals surface area contributed by atoms with Gasteiger partial charge in [0, 0.05) is 11.8 Å². The number of hydrogen-bond acceptors (Lipinski definition) is 3. The Labute approximate surface area is 86.4 Å². The predicted octanol–water partition coefficient (Wildman–Crippen LogP) is 1.73. The van der Waals surface area contributed by atoms with Crippen molar-refractivity contribution in [2.45, 2.75) is 5.75 Å². The quantitative estimate of drug-likeness (QED) is 0.555. The van der Waals surface area contributed by atoms with Crippen molar-refractivity contribution in [2.24, 2.45) is 0 Å². The summed E-state index contributed by atoms with van der Waals surface area (Å²) in [7, 11) is 0. The Morgan fingerprint density at radius 2 is 2.21 bits per heavy atom. The molecule has 0 amide bonds. The molecule has 4 heteroatoms. The number of rotatable bonds is 2. The summed E-state index contributed by atoms with van der Waals surface area (Å²) >= 11 is 1.66. The van der Waals surface area contributed by atoms with Gasteiger partial charge in [-0.25, -0.2) is 4.98 Å². The summed E-state index contributed by atoms with van der Waals surface area (Å²) in [6, 6.07) is 7.36. The van der Waals surface area contributed by atoms with E-state index in [1.165, 1.54) is 0 Å². The number of aromatic nitrogens is 2. The van der Waals surface area contributed by atoms with Gasteiger partial charge >= 0.3 is 0 Å². The lowest BCUT2D eigenvalue weighted by Gasteiger charge is -2.03. The number of thioether (sulfide) groups is 1. The molecule has 1 aromatic heterocycles. The maximum atomic E-state index is 11.5. The fourth-order valence-corrected chi connectivity index (χ4v) is 1.79. The van der Waals surface area contributed by atoms with Crippen molar-refractivity contribution < 1.29 is 4.73 Å². The van der Waals surface area contributed by atoms with Crippen molar-refractivity contribution in [1.29, 1.82) is 0 Å². The zero-order chi connectivity index (χ0) is 9.97. The van der Waals surface area contributed by atoms with E-state index in [1.807, 2.05) is 24.5 Å². The van der Waals surface area contributed by atoms with E-state index in [1.54, 1.807) is 24.0 Å². The molecule has 0 N–H and O–H groups in total. The molecule has 0 aliphatic carbocycles. The van der Waals surface area contributed by atoms with Crippen LogP contribution in [0.1, 0.15) is 5.69 Å². The van der Waals surface area contributed by atoms with Gasteiger partial charge in [0.1, 0.15) is 11.2 Å². The summed E-state index contributed by atoms with van der Waals surface area (Å²) in [4.78, 5) is 4.38. The van der Waals surface area contributed by atoms with Crippen LogP contribution in [0.2, 0.25) is 0 Å². The molecule has 0 aliphatic rings. The van der Waals surface area contributed by atoms with Crippen LogP contribution in [0.4, 0.5) is 0 Å². The van der Waals surface area contributed by atoms with Crippen LogP contribution < -0.4 is 4.73 Å². The lowest BCUT2D eigenvalue weighted by molar-refractivity contribution is -0.577. The van der Waals surface area contributed by atoms with Gasteiger partial charge < -0.3 is 5.21 Å². The molecule has 2 aromatic rings. The molecule has 0 spiro atoms. The number of para-hydroxylation sites is 2. The highest BCUT2D eigenvalue weighted by Gasteiger charge is 2.06. The van der Waals surface area contributed by atoms with Crippen molar-refractivity contribution in [3.63, 3.8) is 0 Å². The van der Waals surface area contributed by atoms with E-state index in [2.05, 4.69) is 4.98 Å². The van der Waals surface area contributed by atoms with E-state index in [0.29, 0.717) is 5.52 Å². The second kappa shape index (κ2) is 3.84. The molecule has 3 nitrogen and oxygen atoms in total. The van der Waals surface area contributed by atoms with Crippen molar-refractivity contribution in [3.05, 3.63) is 41.4 Å². The van der Waals surface area contributed by atoms with Crippen LogP contribution in [0, 0.1) is 5.21 Å². The molecule has 1 heterocycles. The second-order valence-corrected chi connectivity index (χ2v) is 3.85. The van der Waals surface area contributed by atoms with Crippen LogP contribution in [-0.4, -0.2) is 11.2 Å². The summed E-state index contributed by atoms with van der Waals surface area (Å²) < 4.78 is 0.883. The van der Waals surface area contributed by atoms with Crippen molar-refractivity contribution in [1.82, 2.24) is 4.98 Å². The summed E-state index contributed by atoms with van der Waals surface area (Å²) in [5, 5.41) is 11.5. The minimum Gasteiger partial charge on any atom is -0.618 e. The molecule has 0 bridgehead atoms. The smallest absolute Gasteiger partial charge is 0.242 e. The molecule has 0 radical (unpaired) electrons. The van der Waals surface area contributed by atoms with Gasteiger partial charge in [0.05, 0.1) is 0 Å². The Hall–Kier alpha value is -1.29. The van der Waals surface area contributed by atoms with Gasteiger partial charge in [0.2, 0.25) is 11.7 Å². The van der Waals surface area contributed by atoms with E-state index >= 15 is 0 Å². The van der Waals surface area contributed by atoms with E-state index in [9.17, 15) is 5.21 Å². The average Bonchev–Trinajstić information content (AvgIpc) is 2.18. The molecule has 0 fully saturated rings. The summed E-state index contributed by atoms with van der Waals surface area (Å²) in [5.41, 5.74) is 2.21. The van der Waals surface area contributed by atoms with Crippen LogP contribution >= 0.6 is 11.8 Å². The third-order valence-electron chi connectivity index (χ3n) is 1.94. The Morgan fingerprint density at radius 1 is 1.43 bits per heavy atom. The molecule has 72 valence electrons. The summed E-state index contributed by atoms with van der Waals surface area (Å²) in [6.07, 6.45) is 3.53. The molecule has 0 atom stereocenters. The van der Waals surface area contributed by atoms with Crippen molar-refractivity contribution >= 4 is 22.8 Å². The lowest BCUT2D eigenvalue weighted by atomic mass is 10.3. The van der Waals surface area contributed by atoms with E-state index in [4.69, 9.17) is 0 Å². The van der Waals surface area contributed by atoms with Crippen LogP contribution in [0.25, 0.3) is 11.0 Å². The topological polar surface area (TPSA) is 39.8 Å². The van der Waals surface area contributed by atoms with Crippen molar-refractivity contribution in [2.75, 3.05) is 6.26 Å². The van der Waals surface area contributed by atoms with E-state index < -0.39 is 0 Å². The summed E-state index contributed by atoms with van der Waals surface area (Å²) in [6.45, 7) is 0. The fraction of sp³-hybridized carbons (Fsp3) is 0.200. The Kier molecular flexibility index (Phi) is 2.54. The normalized spacial score (nSPS) is 10.6. The molecule has 0 saturated carbocycles. The highest BCUT2D eigenvalue weighted by molar-refractivity contribution is 7.97. The van der Waals surface area contributed by atoms with Gasteiger partial charge in [-0.2, -0.15) is 16.5 Å². The van der Waals surface area contributed by atoms with Crippen LogP contribution in [0.3, 0.4) is 0 Å². The number of hydrogen-bond donors (Lipinski definition) is 0. The zero-order valence-corrected chi connectivity index (χ0v) is 8.62. The largest absolute Gasteiger partial charge is 0.618 e. The van der Waals surface area contributed by atoms with E-state index in [-0.39, 0.29) is 0 Å². The first-order chi connectivity index (χ1) is 6.81. The highest BCUT2D eigenvalue weighted by Crippen LogP contribution is 2.10. The predicted molar refractivity (Wildman–Crippen MR) is 57.9 cm³/mol. The van der Waals surface area contributed by atoms with Gasteiger partial charge in [-0.3, -0.25) is 0 Å². The van der Waals surface area contributed by atoms with Gasteiger partial charge in [-0.1, -0.05) is 12.1 Å². The lowest BCUT2D eigenvalue weighted by Crippen LogP contribution is -2.27. The number of nitrogens with zero attached hydrogens (tertiary/aromatic N) is 2. The molecule has 14 heavy (non-hydrogen) atoms. The first-order valence-electron chi connectivity index (χ1n) is 4.28. The summed E-state index contributed by atoms with van der Waals surface area (Å²) in [5.74, 6) is 0.771. The molecule has 0 unspecified atom stereocenters. The second-order valence-electron chi connectivity index (χ2n) is 2.98. The Bertz CT molecular complexity index is 459. The Balaban J connectivity index is 2.60. The van der Waals surface area contributed by atoms with Crippen LogP contribution in [-0.2, 0) is 5.75 Å². The van der Waals surface area contributed by atoms with E-state index in [0.717, 1.165) is 21.7 Å². The number of fused-ring (bicyclic) bond motifs is 1. The molecule has 1 aromatic carbocycles. The SMILES string of the molecule is CSCc1c[n+]([O-])c2ccccc2n1. The third kappa shape index (κ3) is 1.65. The number of benzene rings is 1. The third-order valence-corrected chi connectivity index (χ3v) is 2.53. The Morgan fingerprint density at radius 3 is 3.00 bits per heavy atom. The van der Waals surface area contributed by atoms with Gasteiger partial charge in [0.25, 0.3) is 0 Å². The van der Waals surface area contributed by atoms with Gasteiger partial charge in [0.15, 0.2) is 0 Å². The molecular weight excluding hydrogens is 196 g/mol. The minimum absolute atomic E-state index is 0.623. The van der Waals surface area contributed by atoms with Crippen LogP contribution in [0.15, 0.2) is 30.5 Å². The first-order valence-corrected chi connectivity index (χ1v) is 5.67. The maximum Gasteiger partial charge on any atom is 0.242 e. The highest BCUT2D eigenvalue weighted by atomic mass is 32.2. The van der Waals surface area contributed by atoms with Crippen LogP contribution in [0.5, 0.6) is 0 Å². The molecule has 2 rings (SSSR count). The molecule has 0 aliphatic heterocycles. The molecular formula is C10H10N2OS. The minimum atomic E-state index is 0.623. The molecule has 0 saturated heterocycles. The van der Waals surface area contributed by atoms with Gasteiger partial charge in [-0.05, 0) is 12.3 Å². The fourth-order valence-electron chi connectivity index (χ4n) is 1.35. The van der Waals surface area contributed by atoms with Gasteiger partial charge in [-0.15, -0.1) is 0 Å². The zero-order valence-electron chi connectivity index (χ0n) is 7.80. The maximum absolute atomic E-state index is 11.5.